The number of aliphatic hydroxyl groups is 1. The lowest BCUT2D eigenvalue weighted by Crippen LogP contribution is -2.49. The Bertz CT molecular complexity index is 1360. The fourth-order valence-corrected chi connectivity index (χ4v) is 5.96. The van der Waals surface area contributed by atoms with E-state index in [4.69, 9.17) is 0 Å². The number of carbonyl (C=O) groups is 1. The number of carbonyl (C=O) groups excluding carboxylic acids is 1. The van der Waals surface area contributed by atoms with E-state index in [-0.39, 0.29) is 18.6 Å². The maximum atomic E-state index is 13.1. The molecular formula is C29H31N5O2S. The molecule has 4 aromatic rings. The number of nitrogens with zero attached hydrogens (tertiary/aromatic N) is 4. The molecule has 2 N–H and O–H groups in total. The van der Waals surface area contributed by atoms with Crippen molar-refractivity contribution in [2.24, 2.45) is 5.92 Å². The predicted molar refractivity (Wildman–Crippen MR) is 148 cm³/mol. The van der Waals surface area contributed by atoms with Gasteiger partial charge in [-0.2, -0.15) is 0 Å². The summed E-state index contributed by atoms with van der Waals surface area (Å²) in [5.74, 6) is 1.70. The molecule has 1 saturated carbocycles. The van der Waals surface area contributed by atoms with Gasteiger partial charge in [0, 0.05) is 43.2 Å². The third-order valence-electron chi connectivity index (χ3n) is 7.31. The van der Waals surface area contributed by atoms with Crippen LogP contribution in [0.5, 0.6) is 0 Å². The highest BCUT2D eigenvalue weighted by Gasteiger charge is 2.28. The summed E-state index contributed by atoms with van der Waals surface area (Å²) in [7, 11) is 0. The molecule has 1 saturated heterocycles. The molecule has 6 rings (SSSR count). The van der Waals surface area contributed by atoms with Gasteiger partial charge >= 0.3 is 0 Å². The second kappa shape index (κ2) is 10.6. The maximum Gasteiger partial charge on any atom is 0.253 e. The molecule has 0 spiro atoms. The monoisotopic (exact) mass is 513 g/mol. The minimum atomic E-state index is -0.261. The Balaban J connectivity index is 1.16. The van der Waals surface area contributed by atoms with Crippen molar-refractivity contribution in [2.45, 2.75) is 18.9 Å². The van der Waals surface area contributed by atoms with Crippen molar-refractivity contribution in [1.29, 1.82) is 0 Å². The minimum absolute atomic E-state index is 0.0441. The number of fused-ring (bicyclic) bond motifs is 1. The molecule has 2 aromatic heterocycles. The van der Waals surface area contributed by atoms with E-state index in [1.807, 2.05) is 59.5 Å². The number of thiophene rings is 1. The average Bonchev–Trinajstić information content (AvgIpc) is 3.66. The Morgan fingerprint density at radius 3 is 2.49 bits per heavy atom. The Labute approximate surface area is 220 Å². The summed E-state index contributed by atoms with van der Waals surface area (Å²) in [6.45, 7) is 4.70. The van der Waals surface area contributed by atoms with Crippen molar-refractivity contribution >= 4 is 33.3 Å². The van der Waals surface area contributed by atoms with Crippen LogP contribution < -0.4 is 5.32 Å². The van der Waals surface area contributed by atoms with E-state index in [1.165, 1.54) is 19.4 Å². The lowest BCUT2D eigenvalue weighted by molar-refractivity contribution is 0.0632. The second-order valence-corrected chi connectivity index (χ2v) is 11.0. The molecule has 1 amide bonds. The molecule has 0 unspecified atom stereocenters. The number of rotatable bonds is 8. The molecule has 190 valence electrons. The van der Waals surface area contributed by atoms with Crippen molar-refractivity contribution in [3.8, 4) is 10.4 Å². The second-order valence-electron chi connectivity index (χ2n) is 9.96. The van der Waals surface area contributed by atoms with Crippen LogP contribution in [0.3, 0.4) is 0 Å². The van der Waals surface area contributed by atoms with Gasteiger partial charge in [0.15, 0.2) is 0 Å². The van der Waals surface area contributed by atoms with E-state index in [0.29, 0.717) is 5.82 Å². The van der Waals surface area contributed by atoms with Gasteiger partial charge in [-0.25, -0.2) is 9.97 Å². The quantitative estimate of drug-likeness (QED) is 0.356. The van der Waals surface area contributed by atoms with Crippen LogP contribution in [-0.2, 0) is 0 Å². The molecule has 3 heterocycles. The lowest BCUT2D eigenvalue weighted by Gasteiger charge is -2.34. The van der Waals surface area contributed by atoms with Crippen molar-refractivity contribution in [3.05, 3.63) is 78.1 Å². The zero-order valence-electron chi connectivity index (χ0n) is 20.7. The fourth-order valence-electron chi connectivity index (χ4n) is 4.96. The first kappa shape index (κ1) is 24.0. The molecular weight excluding hydrogens is 482 g/mol. The summed E-state index contributed by atoms with van der Waals surface area (Å²) >= 11 is 1.59. The minimum Gasteiger partial charge on any atom is -0.394 e. The van der Waals surface area contributed by atoms with Crippen LogP contribution in [0.2, 0.25) is 0 Å². The summed E-state index contributed by atoms with van der Waals surface area (Å²) in [6.07, 6.45) is 4.29. The van der Waals surface area contributed by atoms with Gasteiger partial charge in [0.2, 0.25) is 0 Å². The number of aromatic nitrogens is 2. The molecule has 2 fully saturated rings. The number of anilines is 1. The maximum absolute atomic E-state index is 13.1. The normalized spacial score (nSPS) is 17.2. The summed E-state index contributed by atoms with van der Waals surface area (Å²) in [5.41, 5.74) is 2.77. The molecule has 1 atom stereocenters. The number of benzene rings is 2. The van der Waals surface area contributed by atoms with Crippen LogP contribution in [-0.4, -0.2) is 70.1 Å². The number of piperazine rings is 1. The van der Waals surface area contributed by atoms with Crippen molar-refractivity contribution in [1.82, 2.24) is 19.8 Å². The molecule has 2 aromatic carbocycles. The van der Waals surface area contributed by atoms with Gasteiger partial charge in [0.25, 0.3) is 5.91 Å². The third kappa shape index (κ3) is 5.37. The van der Waals surface area contributed by atoms with Crippen LogP contribution in [0.1, 0.15) is 34.8 Å². The topological polar surface area (TPSA) is 81.6 Å². The van der Waals surface area contributed by atoms with Crippen molar-refractivity contribution < 1.29 is 9.90 Å². The van der Waals surface area contributed by atoms with Gasteiger partial charge in [-0.15, -0.1) is 11.3 Å². The van der Waals surface area contributed by atoms with Crippen LogP contribution in [0.15, 0.2) is 67.0 Å². The molecule has 0 radical (unpaired) electrons. The van der Waals surface area contributed by atoms with E-state index < -0.39 is 0 Å². The van der Waals surface area contributed by atoms with E-state index in [1.54, 1.807) is 17.7 Å². The van der Waals surface area contributed by atoms with E-state index in [9.17, 15) is 9.90 Å². The van der Waals surface area contributed by atoms with E-state index in [2.05, 4.69) is 26.3 Å². The summed E-state index contributed by atoms with van der Waals surface area (Å²) in [6, 6.07) is 19.6. The molecule has 2 aliphatic rings. The zero-order valence-corrected chi connectivity index (χ0v) is 21.5. The third-order valence-corrected chi connectivity index (χ3v) is 8.41. The molecule has 1 aliphatic carbocycles. The van der Waals surface area contributed by atoms with Crippen LogP contribution in [0, 0.1) is 5.92 Å². The summed E-state index contributed by atoms with van der Waals surface area (Å²) in [4.78, 5) is 28.4. The highest BCUT2D eigenvalue weighted by molar-refractivity contribution is 7.21. The van der Waals surface area contributed by atoms with Gasteiger partial charge in [-0.05, 0) is 48.1 Å². The molecule has 37 heavy (non-hydrogen) atoms. The molecule has 0 bridgehead atoms. The first-order chi connectivity index (χ1) is 18.2. The highest BCUT2D eigenvalue weighted by atomic mass is 32.1. The van der Waals surface area contributed by atoms with Crippen molar-refractivity contribution in [3.63, 3.8) is 0 Å². The summed E-state index contributed by atoms with van der Waals surface area (Å²) in [5, 5.41) is 14.3. The Hall–Kier alpha value is -3.33. The Morgan fingerprint density at radius 1 is 1.03 bits per heavy atom. The predicted octanol–water partition coefficient (Wildman–Crippen LogP) is 4.67. The summed E-state index contributed by atoms with van der Waals surface area (Å²) < 4.78 is 0. The van der Waals surface area contributed by atoms with E-state index in [0.717, 1.165) is 63.9 Å². The van der Waals surface area contributed by atoms with Crippen LogP contribution >= 0.6 is 11.3 Å². The SMILES string of the molecule is O=C(c1ccc(-c2cc3c(N[C@H](CO)c4ccccc4)ncnc3s2)cc1)N1CCN(CC2CC2)CC1. The largest absolute Gasteiger partial charge is 0.394 e. The fraction of sp³-hybridized carbons (Fsp3) is 0.345. The Kier molecular flexibility index (Phi) is 6.87. The van der Waals surface area contributed by atoms with E-state index >= 15 is 0 Å². The Morgan fingerprint density at radius 2 is 1.78 bits per heavy atom. The van der Waals surface area contributed by atoms with Crippen LogP contribution in [0.4, 0.5) is 5.82 Å². The number of amides is 1. The van der Waals surface area contributed by atoms with Gasteiger partial charge in [-0.1, -0.05) is 42.5 Å². The number of hydrogen-bond donors (Lipinski definition) is 2. The molecule has 8 heteroatoms. The standard InChI is InChI=1S/C29H31N5O2S/c35-18-25(21-4-2-1-3-5-21)32-27-24-16-26(37-28(24)31-19-30-27)22-8-10-23(11-9-22)29(36)34-14-12-33(13-15-34)17-20-6-7-20/h1-5,8-11,16,19-20,25,35H,6-7,12-15,17-18H2,(H,30,31,32)/t25-/m1/s1. The number of hydrogen-bond acceptors (Lipinski definition) is 7. The van der Waals surface area contributed by atoms with Crippen LogP contribution in [0.25, 0.3) is 20.7 Å². The van der Waals surface area contributed by atoms with Crippen molar-refractivity contribution in [2.75, 3.05) is 44.6 Å². The molecule has 1 aliphatic heterocycles. The zero-order chi connectivity index (χ0) is 25.2. The van der Waals surface area contributed by atoms with Gasteiger partial charge in [0.1, 0.15) is 17.0 Å². The van der Waals surface area contributed by atoms with Gasteiger partial charge < -0.3 is 15.3 Å². The lowest BCUT2D eigenvalue weighted by atomic mass is 10.1. The highest BCUT2D eigenvalue weighted by Crippen LogP contribution is 2.36. The number of nitrogens with one attached hydrogen (secondary N) is 1. The number of aliphatic hydroxyl groups excluding tert-OH is 1. The van der Waals surface area contributed by atoms with Gasteiger partial charge in [-0.3, -0.25) is 9.69 Å². The van der Waals surface area contributed by atoms with Gasteiger partial charge in [0.05, 0.1) is 18.0 Å². The molecule has 7 nitrogen and oxygen atoms in total. The first-order valence-electron chi connectivity index (χ1n) is 13.0. The first-order valence-corrected chi connectivity index (χ1v) is 13.8. The smallest absolute Gasteiger partial charge is 0.253 e. The average molecular weight is 514 g/mol.